The fraction of sp³-hybridized carbons (Fsp3) is 0.625. The molecule has 2 heterocycles. The third-order valence-corrected chi connectivity index (χ3v) is 3.43. The first-order valence-electron chi connectivity index (χ1n) is 8.06. The number of aliphatic hydroxyl groups is 1. The summed E-state index contributed by atoms with van der Waals surface area (Å²) in [5.74, 6) is -1.04. The van der Waals surface area contributed by atoms with Crippen LogP contribution in [0.3, 0.4) is 0 Å². The van der Waals surface area contributed by atoms with Crippen molar-refractivity contribution in [3.63, 3.8) is 0 Å². The lowest BCUT2D eigenvalue weighted by molar-refractivity contribution is 0.0215. The minimum absolute atomic E-state index is 0.00949. The van der Waals surface area contributed by atoms with Crippen molar-refractivity contribution >= 4 is 17.8 Å². The second-order valence-electron chi connectivity index (χ2n) is 6.60. The first kappa shape index (κ1) is 18.9. The van der Waals surface area contributed by atoms with E-state index in [0.717, 1.165) is 0 Å². The molecule has 1 N–H and O–H groups in total. The van der Waals surface area contributed by atoms with Gasteiger partial charge >= 0.3 is 12.1 Å². The Bertz CT molecular complexity index is 689. The van der Waals surface area contributed by atoms with Crippen molar-refractivity contribution in [1.29, 1.82) is 0 Å². The van der Waals surface area contributed by atoms with E-state index in [1.54, 1.807) is 27.7 Å². The number of rotatable bonds is 4. The molecule has 0 radical (unpaired) electrons. The molecule has 0 bridgehead atoms. The molecule has 2 rings (SSSR count). The van der Waals surface area contributed by atoms with Crippen LogP contribution in [0.15, 0.2) is 0 Å². The van der Waals surface area contributed by atoms with Crippen molar-refractivity contribution in [2.24, 2.45) is 0 Å². The fourth-order valence-electron chi connectivity index (χ4n) is 2.53. The monoisotopic (exact) mass is 353 g/mol. The van der Waals surface area contributed by atoms with Gasteiger partial charge in [0, 0.05) is 5.56 Å². The molecular weight excluding hydrogens is 330 g/mol. The van der Waals surface area contributed by atoms with Gasteiger partial charge in [0.15, 0.2) is 5.69 Å². The number of hydrogen-bond donors (Lipinski definition) is 1. The van der Waals surface area contributed by atoms with Crippen molar-refractivity contribution in [3.8, 4) is 0 Å². The van der Waals surface area contributed by atoms with Crippen LogP contribution in [0.25, 0.3) is 0 Å². The summed E-state index contributed by atoms with van der Waals surface area (Å²) < 4.78 is 11.6. The van der Waals surface area contributed by atoms with Gasteiger partial charge in [-0.3, -0.25) is 14.4 Å². The minimum Gasteiger partial charge on any atom is -0.461 e. The van der Waals surface area contributed by atoms with Gasteiger partial charge in [-0.15, -0.1) is 0 Å². The van der Waals surface area contributed by atoms with Gasteiger partial charge in [0.2, 0.25) is 5.78 Å². The molecular formula is C16H23N3O6. The van der Waals surface area contributed by atoms with E-state index in [1.807, 2.05) is 0 Å². The summed E-state index contributed by atoms with van der Waals surface area (Å²) in [7, 11) is 0. The lowest BCUT2D eigenvalue weighted by atomic mass is 10.0. The van der Waals surface area contributed by atoms with E-state index < -0.39 is 17.7 Å². The van der Waals surface area contributed by atoms with Crippen LogP contribution in [0, 0.1) is 0 Å². The Labute approximate surface area is 145 Å². The Balaban J connectivity index is 2.38. The van der Waals surface area contributed by atoms with Crippen LogP contribution >= 0.6 is 0 Å². The number of esters is 1. The highest BCUT2D eigenvalue weighted by Gasteiger charge is 2.36. The molecule has 0 aromatic carbocycles. The largest absolute Gasteiger partial charge is 0.461 e. The standard InChI is InChI=1S/C16H23N3O6/c1-5-24-14(22)12-10-8-18(15(23)25-16(2,3)4)9-11(21)13(10)19(17-12)6-7-20/h20H,5-9H2,1-4H3. The lowest BCUT2D eigenvalue weighted by Gasteiger charge is -2.29. The predicted molar refractivity (Wildman–Crippen MR) is 86.2 cm³/mol. The molecule has 0 unspecified atom stereocenters. The third-order valence-electron chi connectivity index (χ3n) is 3.43. The Hall–Kier alpha value is -2.42. The van der Waals surface area contributed by atoms with Crippen molar-refractivity contribution in [1.82, 2.24) is 14.7 Å². The number of ketones is 1. The molecule has 1 aromatic rings. The molecule has 0 saturated carbocycles. The second kappa shape index (κ2) is 7.22. The van der Waals surface area contributed by atoms with Crippen LogP contribution in [0.1, 0.15) is 54.2 Å². The molecule has 0 fully saturated rings. The predicted octanol–water partition coefficient (Wildman–Crippen LogP) is 0.986. The van der Waals surface area contributed by atoms with Gasteiger partial charge in [0.25, 0.3) is 0 Å². The van der Waals surface area contributed by atoms with Gasteiger partial charge in [-0.25, -0.2) is 9.59 Å². The number of carbonyl (C=O) groups excluding carboxylic acids is 3. The Kier molecular flexibility index (Phi) is 5.46. The number of fused-ring (bicyclic) bond motifs is 1. The third kappa shape index (κ3) is 4.16. The highest BCUT2D eigenvalue weighted by molar-refractivity contribution is 6.03. The zero-order valence-corrected chi connectivity index (χ0v) is 14.9. The molecule has 9 heteroatoms. The Morgan fingerprint density at radius 1 is 1.28 bits per heavy atom. The van der Waals surface area contributed by atoms with E-state index in [2.05, 4.69) is 5.10 Å². The summed E-state index contributed by atoms with van der Waals surface area (Å²) in [6.45, 7) is 6.66. The number of Topliss-reactive ketones (excluding diaryl/α,β-unsaturated/α-hetero) is 1. The SMILES string of the molecule is CCOC(=O)c1nn(CCO)c2c1CN(C(=O)OC(C)(C)C)CC2=O. The maximum atomic E-state index is 12.5. The van der Waals surface area contributed by atoms with Gasteiger partial charge in [-0.1, -0.05) is 0 Å². The highest BCUT2D eigenvalue weighted by atomic mass is 16.6. The molecule has 25 heavy (non-hydrogen) atoms. The van der Waals surface area contributed by atoms with Crippen LogP contribution in [-0.4, -0.2) is 63.0 Å². The second-order valence-corrected chi connectivity index (χ2v) is 6.60. The first-order valence-corrected chi connectivity index (χ1v) is 8.06. The maximum Gasteiger partial charge on any atom is 0.411 e. The van der Waals surface area contributed by atoms with Gasteiger partial charge in [0.05, 0.1) is 32.8 Å². The molecule has 0 atom stereocenters. The molecule has 0 saturated heterocycles. The van der Waals surface area contributed by atoms with Crippen LogP contribution in [0.2, 0.25) is 0 Å². The van der Waals surface area contributed by atoms with Gasteiger partial charge in [-0.05, 0) is 27.7 Å². The van der Waals surface area contributed by atoms with Crippen molar-refractivity contribution < 1.29 is 29.0 Å². The number of ether oxygens (including phenoxy) is 2. The van der Waals surface area contributed by atoms with E-state index in [1.165, 1.54) is 9.58 Å². The molecule has 138 valence electrons. The van der Waals surface area contributed by atoms with E-state index in [9.17, 15) is 14.4 Å². The lowest BCUT2D eigenvalue weighted by Crippen LogP contribution is -2.43. The zero-order valence-electron chi connectivity index (χ0n) is 14.9. The van der Waals surface area contributed by atoms with Gasteiger partial charge in [-0.2, -0.15) is 5.10 Å². The van der Waals surface area contributed by atoms with E-state index in [0.29, 0.717) is 5.56 Å². The van der Waals surface area contributed by atoms with Crippen LogP contribution in [0.4, 0.5) is 4.79 Å². The number of nitrogens with zero attached hydrogens (tertiary/aromatic N) is 3. The molecule has 1 aromatic heterocycles. The topological polar surface area (TPSA) is 111 Å². The number of aromatic nitrogens is 2. The molecule has 1 amide bonds. The van der Waals surface area contributed by atoms with Crippen molar-refractivity contribution in [3.05, 3.63) is 17.0 Å². The Morgan fingerprint density at radius 3 is 2.52 bits per heavy atom. The zero-order chi connectivity index (χ0) is 18.8. The highest BCUT2D eigenvalue weighted by Crippen LogP contribution is 2.25. The summed E-state index contributed by atoms with van der Waals surface area (Å²) in [6.07, 6.45) is -0.642. The molecule has 0 spiro atoms. The molecule has 0 aliphatic carbocycles. The molecule has 9 nitrogen and oxygen atoms in total. The molecule has 1 aliphatic rings. The van der Waals surface area contributed by atoms with Crippen LogP contribution in [0.5, 0.6) is 0 Å². The Morgan fingerprint density at radius 2 is 1.96 bits per heavy atom. The number of hydrogen-bond acceptors (Lipinski definition) is 7. The number of amides is 1. The van der Waals surface area contributed by atoms with E-state index >= 15 is 0 Å². The smallest absolute Gasteiger partial charge is 0.411 e. The normalized spacial score (nSPS) is 14.3. The summed E-state index contributed by atoms with van der Waals surface area (Å²) >= 11 is 0. The molecule has 1 aliphatic heterocycles. The van der Waals surface area contributed by atoms with Crippen LogP contribution < -0.4 is 0 Å². The summed E-state index contributed by atoms with van der Waals surface area (Å²) in [6, 6.07) is 0. The minimum atomic E-state index is -0.703. The van der Waals surface area contributed by atoms with Crippen molar-refractivity contribution in [2.45, 2.75) is 46.4 Å². The fourth-order valence-corrected chi connectivity index (χ4v) is 2.53. The summed E-state index contributed by atoms with van der Waals surface area (Å²) in [5.41, 5.74) is -0.191. The van der Waals surface area contributed by atoms with Crippen LogP contribution in [-0.2, 0) is 22.6 Å². The summed E-state index contributed by atoms with van der Waals surface area (Å²) in [5, 5.41) is 13.3. The summed E-state index contributed by atoms with van der Waals surface area (Å²) in [4.78, 5) is 38.2. The first-order chi connectivity index (χ1) is 11.7. The van der Waals surface area contributed by atoms with E-state index in [4.69, 9.17) is 14.6 Å². The number of carbonyl (C=O) groups is 3. The quantitative estimate of drug-likeness (QED) is 0.803. The van der Waals surface area contributed by atoms with Crippen molar-refractivity contribution in [2.75, 3.05) is 19.8 Å². The average molecular weight is 353 g/mol. The maximum absolute atomic E-state index is 12.5. The number of aliphatic hydroxyl groups excluding tert-OH is 1. The van der Waals surface area contributed by atoms with Gasteiger partial charge in [0.1, 0.15) is 11.3 Å². The van der Waals surface area contributed by atoms with Gasteiger partial charge < -0.3 is 14.6 Å². The van der Waals surface area contributed by atoms with E-state index in [-0.39, 0.29) is 50.0 Å². The average Bonchev–Trinajstić information content (AvgIpc) is 2.85.